The summed E-state index contributed by atoms with van der Waals surface area (Å²) in [6.45, 7) is 2.20. The summed E-state index contributed by atoms with van der Waals surface area (Å²) >= 11 is 0. The molecule has 114 valence electrons. The van der Waals surface area contributed by atoms with Gasteiger partial charge in [-0.25, -0.2) is 0 Å². The van der Waals surface area contributed by atoms with Crippen molar-refractivity contribution in [2.45, 2.75) is 38.5 Å². The van der Waals surface area contributed by atoms with Crippen LogP contribution >= 0.6 is 0 Å². The van der Waals surface area contributed by atoms with Crippen molar-refractivity contribution in [3.8, 4) is 5.75 Å². The molecule has 0 spiro atoms. The highest BCUT2D eigenvalue weighted by Gasteiger charge is 2.26. The van der Waals surface area contributed by atoms with Gasteiger partial charge in [0, 0.05) is 24.7 Å². The van der Waals surface area contributed by atoms with E-state index in [1.54, 1.807) is 7.11 Å². The topological polar surface area (TPSA) is 41.6 Å². The number of amides is 1. The van der Waals surface area contributed by atoms with E-state index >= 15 is 0 Å². The molecule has 4 heteroatoms. The molecule has 1 N–H and O–H groups in total. The van der Waals surface area contributed by atoms with Gasteiger partial charge < -0.3 is 15.0 Å². The van der Waals surface area contributed by atoms with E-state index < -0.39 is 0 Å². The zero-order chi connectivity index (χ0) is 14.7. The standard InChI is InChI=1S/C17H24N2O2/c1-21-16-9-8-14(19-10-3-2-4-11-19)12-15(16)18-17(20)13-6-5-7-13/h8-9,12-13H,2-7,10-11H2,1H3,(H,18,20). The molecule has 4 nitrogen and oxygen atoms in total. The van der Waals surface area contributed by atoms with Crippen LogP contribution in [0.4, 0.5) is 11.4 Å². The molecular weight excluding hydrogens is 264 g/mol. The summed E-state index contributed by atoms with van der Waals surface area (Å²) in [7, 11) is 1.65. The largest absolute Gasteiger partial charge is 0.495 e. The summed E-state index contributed by atoms with van der Waals surface area (Å²) in [6, 6.07) is 6.10. The van der Waals surface area contributed by atoms with E-state index in [1.165, 1.54) is 31.4 Å². The molecule has 1 aromatic rings. The predicted octanol–water partition coefficient (Wildman–Crippen LogP) is 3.42. The molecule has 3 rings (SSSR count). The Morgan fingerprint density at radius 1 is 1.19 bits per heavy atom. The summed E-state index contributed by atoms with van der Waals surface area (Å²) in [6.07, 6.45) is 7.01. The van der Waals surface area contributed by atoms with Crippen molar-refractivity contribution in [3.63, 3.8) is 0 Å². The molecule has 0 aromatic heterocycles. The second-order valence-electron chi connectivity index (χ2n) is 6.05. The van der Waals surface area contributed by atoms with Crippen LogP contribution in [0.1, 0.15) is 38.5 Å². The van der Waals surface area contributed by atoms with Crippen LogP contribution in [-0.2, 0) is 4.79 Å². The lowest BCUT2D eigenvalue weighted by Crippen LogP contribution is -2.30. The average Bonchev–Trinajstić information content (AvgIpc) is 2.46. The number of anilines is 2. The van der Waals surface area contributed by atoms with Gasteiger partial charge >= 0.3 is 0 Å². The minimum atomic E-state index is 0.135. The summed E-state index contributed by atoms with van der Waals surface area (Å²) < 4.78 is 5.39. The fraction of sp³-hybridized carbons (Fsp3) is 0.588. The Hall–Kier alpha value is -1.71. The first kappa shape index (κ1) is 14.2. The zero-order valence-corrected chi connectivity index (χ0v) is 12.7. The van der Waals surface area contributed by atoms with E-state index in [1.807, 2.05) is 6.07 Å². The molecule has 1 aliphatic carbocycles. The van der Waals surface area contributed by atoms with Gasteiger partial charge in [0.1, 0.15) is 5.75 Å². The smallest absolute Gasteiger partial charge is 0.227 e. The fourth-order valence-corrected chi connectivity index (χ4v) is 3.05. The average molecular weight is 288 g/mol. The van der Waals surface area contributed by atoms with Crippen LogP contribution in [0.5, 0.6) is 5.75 Å². The van der Waals surface area contributed by atoms with Gasteiger partial charge in [-0.15, -0.1) is 0 Å². The van der Waals surface area contributed by atoms with Gasteiger partial charge in [0.2, 0.25) is 5.91 Å². The first-order valence-electron chi connectivity index (χ1n) is 8.02. The molecule has 1 aliphatic heterocycles. The van der Waals surface area contributed by atoms with Crippen LogP contribution in [0.3, 0.4) is 0 Å². The van der Waals surface area contributed by atoms with Gasteiger partial charge in [-0.3, -0.25) is 4.79 Å². The van der Waals surface area contributed by atoms with Crippen LogP contribution in [-0.4, -0.2) is 26.1 Å². The highest BCUT2D eigenvalue weighted by atomic mass is 16.5. The number of methoxy groups -OCH3 is 1. The molecule has 1 saturated heterocycles. The molecular formula is C17H24N2O2. The van der Waals surface area contributed by atoms with Crippen LogP contribution in [0.15, 0.2) is 18.2 Å². The number of carbonyl (C=O) groups excluding carboxylic acids is 1. The third kappa shape index (κ3) is 3.14. The van der Waals surface area contributed by atoms with Gasteiger partial charge in [-0.1, -0.05) is 6.42 Å². The first-order valence-corrected chi connectivity index (χ1v) is 8.02. The van der Waals surface area contributed by atoms with Gasteiger partial charge in [-0.2, -0.15) is 0 Å². The molecule has 1 amide bonds. The quantitative estimate of drug-likeness (QED) is 0.923. The lowest BCUT2D eigenvalue weighted by atomic mass is 9.85. The second-order valence-corrected chi connectivity index (χ2v) is 6.05. The molecule has 1 heterocycles. The fourth-order valence-electron chi connectivity index (χ4n) is 3.05. The molecule has 0 bridgehead atoms. The third-order valence-corrected chi connectivity index (χ3v) is 4.64. The maximum atomic E-state index is 12.2. The van der Waals surface area contributed by atoms with Crippen LogP contribution in [0.2, 0.25) is 0 Å². The number of nitrogens with one attached hydrogen (secondary N) is 1. The molecule has 0 atom stereocenters. The number of hydrogen-bond acceptors (Lipinski definition) is 3. The van der Waals surface area contributed by atoms with E-state index in [-0.39, 0.29) is 11.8 Å². The molecule has 2 fully saturated rings. The first-order chi connectivity index (χ1) is 10.3. The highest BCUT2D eigenvalue weighted by Crippen LogP contribution is 2.33. The molecule has 1 aromatic carbocycles. The van der Waals surface area contributed by atoms with Crippen molar-refractivity contribution in [2.75, 3.05) is 30.4 Å². The number of hydrogen-bond donors (Lipinski definition) is 1. The Bertz CT molecular complexity index is 506. The zero-order valence-electron chi connectivity index (χ0n) is 12.7. The third-order valence-electron chi connectivity index (χ3n) is 4.64. The lowest BCUT2D eigenvalue weighted by molar-refractivity contribution is -0.122. The highest BCUT2D eigenvalue weighted by molar-refractivity contribution is 5.95. The normalized spacial score (nSPS) is 19.0. The molecule has 21 heavy (non-hydrogen) atoms. The van der Waals surface area contributed by atoms with Crippen molar-refractivity contribution in [1.82, 2.24) is 0 Å². The summed E-state index contributed by atoms with van der Waals surface area (Å²) in [5, 5.41) is 3.05. The number of benzene rings is 1. The summed E-state index contributed by atoms with van der Waals surface area (Å²) in [5.74, 6) is 1.06. The Labute approximate surface area is 126 Å². The summed E-state index contributed by atoms with van der Waals surface area (Å²) in [4.78, 5) is 14.6. The van der Waals surface area contributed by atoms with Crippen LogP contribution in [0.25, 0.3) is 0 Å². The van der Waals surface area contributed by atoms with Crippen LogP contribution < -0.4 is 15.0 Å². The van der Waals surface area contributed by atoms with Gasteiger partial charge in [0.05, 0.1) is 12.8 Å². The second kappa shape index (κ2) is 6.37. The molecule has 1 saturated carbocycles. The Kier molecular flexibility index (Phi) is 4.32. The monoisotopic (exact) mass is 288 g/mol. The van der Waals surface area contributed by atoms with Crippen molar-refractivity contribution in [1.29, 1.82) is 0 Å². The van der Waals surface area contributed by atoms with Crippen LogP contribution in [0, 0.1) is 5.92 Å². The number of piperidine rings is 1. The molecule has 2 aliphatic rings. The minimum absolute atomic E-state index is 0.135. The van der Waals surface area contributed by atoms with E-state index in [9.17, 15) is 4.79 Å². The van der Waals surface area contributed by atoms with E-state index in [0.29, 0.717) is 0 Å². The Morgan fingerprint density at radius 2 is 1.95 bits per heavy atom. The lowest BCUT2D eigenvalue weighted by Gasteiger charge is -2.30. The number of ether oxygens (including phenoxy) is 1. The number of carbonyl (C=O) groups is 1. The summed E-state index contributed by atoms with van der Waals surface area (Å²) in [5.41, 5.74) is 1.98. The van der Waals surface area contributed by atoms with E-state index in [2.05, 4.69) is 22.3 Å². The molecule has 0 radical (unpaired) electrons. The SMILES string of the molecule is COc1ccc(N2CCCCC2)cc1NC(=O)C1CCC1. The van der Waals surface area contributed by atoms with Crippen molar-refractivity contribution < 1.29 is 9.53 Å². The minimum Gasteiger partial charge on any atom is -0.495 e. The van der Waals surface area contributed by atoms with Crippen molar-refractivity contribution in [3.05, 3.63) is 18.2 Å². The van der Waals surface area contributed by atoms with Gasteiger partial charge in [0.15, 0.2) is 0 Å². The van der Waals surface area contributed by atoms with Crippen molar-refractivity contribution in [2.24, 2.45) is 5.92 Å². The maximum Gasteiger partial charge on any atom is 0.227 e. The van der Waals surface area contributed by atoms with Crippen molar-refractivity contribution >= 4 is 17.3 Å². The Morgan fingerprint density at radius 3 is 2.57 bits per heavy atom. The predicted molar refractivity (Wildman–Crippen MR) is 85.0 cm³/mol. The Balaban J connectivity index is 1.77. The van der Waals surface area contributed by atoms with E-state index in [0.717, 1.165) is 37.4 Å². The maximum absolute atomic E-state index is 12.2. The van der Waals surface area contributed by atoms with Gasteiger partial charge in [0.25, 0.3) is 0 Å². The van der Waals surface area contributed by atoms with Gasteiger partial charge in [-0.05, 0) is 50.3 Å². The number of nitrogens with zero attached hydrogens (tertiary/aromatic N) is 1. The van der Waals surface area contributed by atoms with E-state index in [4.69, 9.17) is 4.74 Å². The molecule has 0 unspecified atom stereocenters. The number of rotatable bonds is 4.